The lowest BCUT2D eigenvalue weighted by molar-refractivity contribution is -0.125. The van der Waals surface area contributed by atoms with E-state index in [1.54, 1.807) is 4.90 Å². The minimum absolute atomic E-state index is 0.0782. The Morgan fingerprint density at radius 1 is 1.26 bits per heavy atom. The number of Topliss-reactive ketones (excluding diaryl/α,β-unsaturated/α-hetero) is 1. The average molecular weight is 414 g/mol. The number of amides is 1. The number of carbonyl (C=O) groups is 2. The second kappa shape index (κ2) is 7.62. The Morgan fingerprint density at radius 3 is 2.68 bits per heavy atom. The fraction of sp³-hybridized carbons (Fsp3) is 0.423. The largest absolute Gasteiger partial charge is 0.337 e. The summed E-state index contributed by atoms with van der Waals surface area (Å²) in [5, 5.41) is 13.1. The summed E-state index contributed by atoms with van der Waals surface area (Å²) in [6, 6.07) is 16.6. The Labute approximate surface area is 183 Å². The Kier molecular flexibility index (Phi) is 4.91. The van der Waals surface area contributed by atoms with Crippen LogP contribution in [0.1, 0.15) is 47.2 Å². The molecule has 3 atom stereocenters. The van der Waals surface area contributed by atoms with Crippen LogP contribution >= 0.6 is 0 Å². The van der Waals surface area contributed by atoms with Crippen LogP contribution in [0.25, 0.3) is 11.1 Å². The lowest BCUT2D eigenvalue weighted by atomic mass is 9.85. The van der Waals surface area contributed by atoms with Crippen molar-refractivity contribution >= 4 is 11.7 Å². The summed E-state index contributed by atoms with van der Waals surface area (Å²) >= 11 is 0. The molecule has 5 nitrogen and oxygen atoms in total. The first kappa shape index (κ1) is 20.0. The molecule has 0 radical (unpaired) electrons. The van der Waals surface area contributed by atoms with Gasteiger partial charge in [-0.2, -0.15) is 5.26 Å². The molecule has 2 bridgehead atoms. The molecule has 3 aliphatic rings. The van der Waals surface area contributed by atoms with Crippen molar-refractivity contribution in [2.24, 2.45) is 11.8 Å². The van der Waals surface area contributed by atoms with E-state index in [1.807, 2.05) is 31.3 Å². The molecule has 158 valence electrons. The number of nitrogens with one attached hydrogen (secondary N) is 1. The molecule has 1 amide bonds. The van der Waals surface area contributed by atoms with E-state index >= 15 is 0 Å². The van der Waals surface area contributed by atoms with Gasteiger partial charge in [-0.05, 0) is 72.5 Å². The quantitative estimate of drug-likeness (QED) is 0.783. The number of hydrogen-bond acceptors (Lipinski definition) is 4. The highest BCUT2D eigenvalue weighted by Crippen LogP contribution is 2.41. The molecule has 0 spiro atoms. The van der Waals surface area contributed by atoms with Crippen LogP contribution in [-0.2, 0) is 17.8 Å². The van der Waals surface area contributed by atoms with Crippen molar-refractivity contribution in [1.82, 2.24) is 10.2 Å². The van der Waals surface area contributed by atoms with E-state index in [2.05, 4.69) is 29.6 Å². The number of nitriles is 1. The van der Waals surface area contributed by atoms with Gasteiger partial charge >= 0.3 is 0 Å². The fourth-order valence-corrected chi connectivity index (χ4v) is 5.52. The van der Waals surface area contributed by atoms with Crippen molar-refractivity contribution < 1.29 is 9.59 Å². The van der Waals surface area contributed by atoms with E-state index in [4.69, 9.17) is 0 Å². The van der Waals surface area contributed by atoms with Crippen LogP contribution in [-0.4, -0.2) is 35.7 Å². The van der Waals surface area contributed by atoms with Gasteiger partial charge in [0.15, 0.2) is 5.78 Å². The van der Waals surface area contributed by atoms with Crippen molar-refractivity contribution in [1.29, 1.82) is 5.26 Å². The number of nitrogens with zero attached hydrogens (tertiary/aromatic N) is 2. The molecule has 5 heteroatoms. The molecule has 1 N–H and O–H groups in total. The van der Waals surface area contributed by atoms with E-state index in [0.29, 0.717) is 25.3 Å². The minimum atomic E-state index is -0.355. The van der Waals surface area contributed by atoms with E-state index < -0.39 is 0 Å². The van der Waals surface area contributed by atoms with E-state index in [1.165, 1.54) is 0 Å². The number of rotatable bonds is 6. The average Bonchev–Trinajstić information content (AvgIpc) is 3.48. The third kappa shape index (κ3) is 3.55. The summed E-state index contributed by atoms with van der Waals surface area (Å²) in [4.78, 5) is 26.7. The molecule has 1 aliphatic carbocycles. The van der Waals surface area contributed by atoms with Crippen molar-refractivity contribution in [3.8, 4) is 17.2 Å². The van der Waals surface area contributed by atoms with Crippen LogP contribution in [0.2, 0.25) is 0 Å². The Bertz CT molecular complexity index is 1070. The second-order valence-electron chi connectivity index (χ2n) is 9.46. The van der Waals surface area contributed by atoms with Crippen molar-refractivity contribution in [2.45, 2.75) is 44.2 Å². The maximum absolute atomic E-state index is 12.9. The maximum atomic E-state index is 12.9. The molecule has 2 fully saturated rings. The lowest BCUT2D eigenvalue weighted by Crippen LogP contribution is -2.48. The molecule has 2 aromatic carbocycles. The van der Waals surface area contributed by atoms with Crippen LogP contribution < -0.4 is 5.32 Å². The molecule has 5 rings (SSSR count). The van der Waals surface area contributed by atoms with Gasteiger partial charge in [0.1, 0.15) is 0 Å². The van der Waals surface area contributed by atoms with Gasteiger partial charge in [0, 0.05) is 25.6 Å². The Balaban J connectivity index is 1.26. The zero-order chi connectivity index (χ0) is 21.6. The number of piperidine rings is 1. The van der Waals surface area contributed by atoms with Gasteiger partial charge in [0.2, 0.25) is 0 Å². The van der Waals surface area contributed by atoms with Crippen LogP contribution in [0.3, 0.4) is 0 Å². The summed E-state index contributed by atoms with van der Waals surface area (Å²) in [7, 11) is 1.82. The first-order valence-corrected chi connectivity index (χ1v) is 11.1. The SMILES string of the molecule is CN1Cc2cc(-c3ccc(C[C@@H](C#N)CC(=O)[C@@]45CC[C@H](CN4)C5)cc3)ccc2C1=O. The predicted octanol–water partition coefficient (Wildman–Crippen LogP) is 3.72. The smallest absolute Gasteiger partial charge is 0.254 e. The first-order chi connectivity index (χ1) is 15.0. The van der Waals surface area contributed by atoms with Crippen molar-refractivity contribution in [3.05, 3.63) is 59.2 Å². The Hall–Kier alpha value is -2.97. The third-order valence-electron chi connectivity index (χ3n) is 7.35. The molecule has 2 aliphatic heterocycles. The number of fused-ring (bicyclic) bond motifs is 3. The van der Waals surface area contributed by atoms with E-state index in [9.17, 15) is 14.9 Å². The van der Waals surface area contributed by atoms with Crippen LogP contribution in [0.15, 0.2) is 42.5 Å². The van der Waals surface area contributed by atoms with Crippen molar-refractivity contribution in [2.75, 3.05) is 13.6 Å². The highest BCUT2D eigenvalue weighted by Gasteiger charge is 2.49. The van der Waals surface area contributed by atoms with Gasteiger partial charge < -0.3 is 10.2 Å². The van der Waals surface area contributed by atoms with Crippen LogP contribution in [0.4, 0.5) is 0 Å². The monoisotopic (exact) mass is 413 g/mol. The number of carbonyl (C=O) groups excluding carboxylic acids is 2. The summed E-state index contributed by atoms with van der Waals surface area (Å²) in [6.45, 7) is 1.59. The zero-order valence-corrected chi connectivity index (χ0v) is 17.9. The zero-order valence-electron chi connectivity index (χ0n) is 17.9. The summed E-state index contributed by atoms with van der Waals surface area (Å²) in [6.07, 6.45) is 3.91. The van der Waals surface area contributed by atoms with Crippen LogP contribution in [0, 0.1) is 23.2 Å². The molecule has 2 aromatic rings. The highest BCUT2D eigenvalue weighted by molar-refractivity contribution is 5.98. The number of hydrogen-bond donors (Lipinski definition) is 1. The minimum Gasteiger partial charge on any atom is -0.337 e. The van der Waals surface area contributed by atoms with Gasteiger partial charge in [-0.1, -0.05) is 30.3 Å². The van der Waals surface area contributed by atoms with Gasteiger partial charge in [-0.15, -0.1) is 0 Å². The fourth-order valence-electron chi connectivity index (χ4n) is 5.52. The topological polar surface area (TPSA) is 73.2 Å². The summed E-state index contributed by atoms with van der Waals surface area (Å²) in [5.41, 5.74) is 4.74. The molecular formula is C26H27N3O2. The molecule has 0 aromatic heterocycles. The van der Waals surface area contributed by atoms with Gasteiger partial charge in [-0.25, -0.2) is 0 Å². The summed E-state index contributed by atoms with van der Waals surface area (Å²) in [5.74, 6) is 0.633. The lowest BCUT2D eigenvalue weighted by Gasteiger charge is -2.27. The molecule has 1 saturated heterocycles. The Morgan fingerprint density at radius 2 is 2.03 bits per heavy atom. The molecule has 31 heavy (non-hydrogen) atoms. The molecule has 1 saturated carbocycles. The molecule has 0 unspecified atom stereocenters. The van der Waals surface area contributed by atoms with E-state index in [-0.39, 0.29) is 23.1 Å². The normalized spacial score (nSPS) is 24.8. The predicted molar refractivity (Wildman–Crippen MR) is 118 cm³/mol. The van der Waals surface area contributed by atoms with Crippen LogP contribution in [0.5, 0.6) is 0 Å². The van der Waals surface area contributed by atoms with Gasteiger partial charge in [-0.3, -0.25) is 9.59 Å². The molecular weight excluding hydrogens is 386 g/mol. The summed E-state index contributed by atoms with van der Waals surface area (Å²) < 4.78 is 0. The van der Waals surface area contributed by atoms with Gasteiger partial charge in [0.05, 0.1) is 17.5 Å². The number of ketones is 1. The first-order valence-electron chi connectivity index (χ1n) is 11.1. The third-order valence-corrected chi connectivity index (χ3v) is 7.35. The van der Waals surface area contributed by atoms with Gasteiger partial charge in [0.25, 0.3) is 5.91 Å². The highest BCUT2D eigenvalue weighted by atomic mass is 16.2. The van der Waals surface area contributed by atoms with E-state index in [0.717, 1.165) is 53.6 Å². The second-order valence-corrected chi connectivity index (χ2v) is 9.46. The maximum Gasteiger partial charge on any atom is 0.254 e. The number of benzene rings is 2. The molecule has 2 heterocycles. The van der Waals surface area contributed by atoms with Crippen molar-refractivity contribution in [3.63, 3.8) is 0 Å². The standard InChI is InChI=1S/C26H27N3O2/c1-29-16-22-12-21(6-7-23(22)25(29)31)20-4-2-17(3-5-20)10-19(14-27)11-24(30)26-9-8-18(13-26)15-28-26/h2-7,12,18-19,28H,8-11,13,15-16H2,1H3/t18-,19+,26-/m0/s1.